The Kier molecular flexibility index (Phi) is 3.82. The molecule has 5 heteroatoms. The molecule has 1 aromatic heterocycles. The Hall–Kier alpha value is -1.36. The summed E-state index contributed by atoms with van der Waals surface area (Å²) in [7, 11) is 0. The molecule has 0 bridgehead atoms. The van der Waals surface area contributed by atoms with Gasteiger partial charge in [-0.3, -0.25) is 0 Å². The van der Waals surface area contributed by atoms with Gasteiger partial charge in [-0.25, -0.2) is 4.98 Å². The number of hydrogen-bond donors (Lipinski definition) is 1. The van der Waals surface area contributed by atoms with Crippen molar-refractivity contribution in [3.63, 3.8) is 0 Å². The van der Waals surface area contributed by atoms with Crippen molar-refractivity contribution >= 4 is 5.95 Å². The summed E-state index contributed by atoms with van der Waals surface area (Å²) in [4.78, 5) is 11.2. The average Bonchev–Trinajstić information content (AvgIpc) is 3.14. The van der Waals surface area contributed by atoms with E-state index < -0.39 is 0 Å². The molecule has 3 rings (SSSR count). The van der Waals surface area contributed by atoms with E-state index in [2.05, 4.69) is 20.2 Å². The Morgan fingerprint density at radius 2 is 2.32 bits per heavy atom. The quantitative estimate of drug-likeness (QED) is 0.844. The van der Waals surface area contributed by atoms with Crippen LogP contribution in [0.3, 0.4) is 0 Å². The largest absolute Gasteiger partial charge is 0.478 e. The Balaban J connectivity index is 1.66. The molecule has 2 heterocycles. The fourth-order valence-corrected chi connectivity index (χ4v) is 2.60. The monoisotopic (exact) mass is 262 g/mol. The lowest BCUT2D eigenvalue weighted by molar-refractivity contribution is 0.326. The van der Waals surface area contributed by atoms with E-state index in [0.29, 0.717) is 18.5 Å². The molecule has 2 aliphatic rings. The second kappa shape index (κ2) is 5.74. The number of anilines is 1. The molecule has 1 saturated carbocycles. The number of nitrogens with one attached hydrogen (secondary N) is 1. The summed E-state index contributed by atoms with van der Waals surface area (Å²) in [5.74, 6) is 1.49. The molecule has 0 radical (unpaired) electrons. The van der Waals surface area contributed by atoms with E-state index in [1.54, 1.807) is 6.20 Å². The van der Waals surface area contributed by atoms with Crippen molar-refractivity contribution in [3.8, 4) is 5.88 Å². The van der Waals surface area contributed by atoms with Crippen LogP contribution >= 0.6 is 0 Å². The van der Waals surface area contributed by atoms with E-state index in [1.807, 2.05) is 13.0 Å². The predicted molar refractivity (Wildman–Crippen MR) is 74.6 cm³/mol. The molecule has 104 valence electrons. The number of ether oxygens (including phenoxy) is 1. The van der Waals surface area contributed by atoms with Gasteiger partial charge in [0.1, 0.15) is 0 Å². The molecule has 1 unspecified atom stereocenters. The molecule has 1 atom stereocenters. The molecule has 1 aliphatic heterocycles. The van der Waals surface area contributed by atoms with Crippen molar-refractivity contribution in [2.45, 2.75) is 44.7 Å². The molecule has 2 fully saturated rings. The van der Waals surface area contributed by atoms with Gasteiger partial charge in [0, 0.05) is 37.4 Å². The van der Waals surface area contributed by atoms with Crippen LogP contribution in [-0.4, -0.2) is 41.7 Å². The zero-order valence-electron chi connectivity index (χ0n) is 11.5. The highest BCUT2D eigenvalue weighted by Gasteiger charge is 2.29. The van der Waals surface area contributed by atoms with Crippen LogP contribution in [0.2, 0.25) is 0 Å². The second-order valence-corrected chi connectivity index (χ2v) is 5.30. The Labute approximate surface area is 114 Å². The molecule has 1 aliphatic carbocycles. The van der Waals surface area contributed by atoms with Crippen LogP contribution in [-0.2, 0) is 0 Å². The number of rotatable bonds is 6. The third-order valence-corrected chi connectivity index (χ3v) is 3.76. The molecule has 1 saturated heterocycles. The summed E-state index contributed by atoms with van der Waals surface area (Å²) in [6.45, 7) is 4.71. The average molecular weight is 262 g/mol. The number of hydrogen-bond acceptors (Lipinski definition) is 5. The van der Waals surface area contributed by atoms with Crippen molar-refractivity contribution in [2.75, 3.05) is 24.6 Å². The van der Waals surface area contributed by atoms with Crippen molar-refractivity contribution in [2.24, 2.45) is 0 Å². The van der Waals surface area contributed by atoms with Gasteiger partial charge >= 0.3 is 0 Å². The van der Waals surface area contributed by atoms with Gasteiger partial charge in [-0.05, 0) is 32.6 Å². The van der Waals surface area contributed by atoms with Crippen LogP contribution in [0.15, 0.2) is 12.3 Å². The SMILES string of the molecule is CCOc1ccnc(N2CCCC2CNC2CC2)n1. The van der Waals surface area contributed by atoms with E-state index >= 15 is 0 Å². The van der Waals surface area contributed by atoms with Gasteiger partial charge in [-0.15, -0.1) is 0 Å². The van der Waals surface area contributed by atoms with E-state index in [4.69, 9.17) is 4.74 Å². The third-order valence-electron chi connectivity index (χ3n) is 3.76. The van der Waals surface area contributed by atoms with Gasteiger partial charge in [-0.2, -0.15) is 4.98 Å². The maximum atomic E-state index is 5.46. The van der Waals surface area contributed by atoms with Gasteiger partial charge in [0.05, 0.1) is 6.61 Å². The van der Waals surface area contributed by atoms with Crippen molar-refractivity contribution in [1.29, 1.82) is 0 Å². The summed E-state index contributed by atoms with van der Waals surface area (Å²) in [5.41, 5.74) is 0. The second-order valence-electron chi connectivity index (χ2n) is 5.30. The Bertz CT molecular complexity index is 422. The van der Waals surface area contributed by atoms with Crippen LogP contribution in [0, 0.1) is 0 Å². The predicted octanol–water partition coefficient (Wildman–Crippen LogP) is 1.60. The molecule has 0 spiro atoms. The highest BCUT2D eigenvalue weighted by atomic mass is 16.5. The van der Waals surface area contributed by atoms with Crippen LogP contribution < -0.4 is 15.0 Å². The van der Waals surface area contributed by atoms with E-state index in [-0.39, 0.29) is 0 Å². The fourth-order valence-electron chi connectivity index (χ4n) is 2.60. The summed E-state index contributed by atoms with van der Waals surface area (Å²) in [6, 6.07) is 3.11. The fraction of sp³-hybridized carbons (Fsp3) is 0.714. The highest BCUT2D eigenvalue weighted by Crippen LogP contribution is 2.25. The molecule has 0 amide bonds. The Morgan fingerprint density at radius 1 is 1.42 bits per heavy atom. The first kappa shape index (κ1) is 12.7. The van der Waals surface area contributed by atoms with E-state index in [9.17, 15) is 0 Å². The first-order valence-electron chi connectivity index (χ1n) is 7.32. The standard InChI is InChI=1S/C14H22N4O/c1-2-19-13-7-8-15-14(17-13)18-9-3-4-12(18)10-16-11-5-6-11/h7-8,11-12,16H,2-6,9-10H2,1H3. The Morgan fingerprint density at radius 3 is 3.11 bits per heavy atom. The van der Waals surface area contributed by atoms with Crippen molar-refractivity contribution in [1.82, 2.24) is 15.3 Å². The minimum Gasteiger partial charge on any atom is -0.478 e. The van der Waals surface area contributed by atoms with Gasteiger partial charge < -0.3 is 15.0 Å². The summed E-state index contributed by atoms with van der Waals surface area (Å²) < 4.78 is 5.46. The lowest BCUT2D eigenvalue weighted by Crippen LogP contribution is -2.39. The van der Waals surface area contributed by atoms with Crippen LogP contribution in [0.4, 0.5) is 5.95 Å². The molecule has 5 nitrogen and oxygen atoms in total. The summed E-state index contributed by atoms with van der Waals surface area (Å²) >= 11 is 0. The molecular weight excluding hydrogens is 240 g/mol. The molecule has 1 N–H and O–H groups in total. The normalized spacial score (nSPS) is 22.8. The lowest BCUT2D eigenvalue weighted by atomic mass is 10.2. The topological polar surface area (TPSA) is 50.3 Å². The van der Waals surface area contributed by atoms with E-state index in [1.165, 1.54) is 25.7 Å². The first-order chi connectivity index (χ1) is 9.36. The van der Waals surface area contributed by atoms with Crippen LogP contribution in [0.1, 0.15) is 32.6 Å². The maximum absolute atomic E-state index is 5.46. The van der Waals surface area contributed by atoms with Crippen LogP contribution in [0.25, 0.3) is 0 Å². The van der Waals surface area contributed by atoms with Gasteiger partial charge in [0.2, 0.25) is 11.8 Å². The summed E-state index contributed by atoms with van der Waals surface area (Å²) in [6.07, 6.45) is 6.91. The molecular formula is C14H22N4O. The molecule has 19 heavy (non-hydrogen) atoms. The van der Waals surface area contributed by atoms with E-state index in [0.717, 1.165) is 25.1 Å². The zero-order valence-corrected chi connectivity index (χ0v) is 11.5. The minimum atomic E-state index is 0.525. The third kappa shape index (κ3) is 3.15. The van der Waals surface area contributed by atoms with Gasteiger partial charge in [0.15, 0.2) is 0 Å². The maximum Gasteiger partial charge on any atom is 0.228 e. The van der Waals surface area contributed by atoms with Gasteiger partial charge in [0.25, 0.3) is 0 Å². The first-order valence-corrected chi connectivity index (χ1v) is 7.32. The highest BCUT2D eigenvalue weighted by molar-refractivity contribution is 5.35. The number of aromatic nitrogens is 2. The number of nitrogens with zero attached hydrogens (tertiary/aromatic N) is 3. The van der Waals surface area contributed by atoms with Crippen LogP contribution in [0.5, 0.6) is 5.88 Å². The minimum absolute atomic E-state index is 0.525. The zero-order chi connectivity index (χ0) is 13.1. The van der Waals surface area contributed by atoms with Crippen molar-refractivity contribution in [3.05, 3.63) is 12.3 Å². The summed E-state index contributed by atoms with van der Waals surface area (Å²) in [5, 5.41) is 3.61. The lowest BCUT2D eigenvalue weighted by Gasteiger charge is -2.25. The smallest absolute Gasteiger partial charge is 0.228 e. The van der Waals surface area contributed by atoms with Gasteiger partial charge in [-0.1, -0.05) is 0 Å². The molecule has 0 aromatic carbocycles. The van der Waals surface area contributed by atoms with Crippen molar-refractivity contribution < 1.29 is 4.74 Å². The molecule has 1 aromatic rings.